The fraction of sp³-hybridized carbons (Fsp3) is 0.625. The molecular weight excluding hydrogens is 396 g/mol. The van der Waals surface area contributed by atoms with Crippen LogP contribution in [0.25, 0.3) is 10.1 Å². The molecule has 3 aliphatic rings. The molecule has 3 atom stereocenters. The lowest BCUT2D eigenvalue weighted by Gasteiger charge is -2.41. The van der Waals surface area contributed by atoms with Crippen molar-refractivity contribution in [1.29, 1.82) is 0 Å². The number of carbonyl (C=O) groups is 1. The van der Waals surface area contributed by atoms with Gasteiger partial charge in [-0.05, 0) is 69.2 Å². The molecule has 162 valence electrons. The quantitative estimate of drug-likeness (QED) is 0.653. The first-order valence-corrected chi connectivity index (χ1v) is 12.2. The number of hydrogen-bond donors (Lipinski definition) is 0. The van der Waals surface area contributed by atoms with Gasteiger partial charge in [0, 0.05) is 35.3 Å². The van der Waals surface area contributed by atoms with Crippen LogP contribution >= 0.6 is 11.3 Å². The van der Waals surface area contributed by atoms with Crippen LogP contribution in [0.3, 0.4) is 0 Å². The SMILES string of the molecule is C[C@@H]1CN(C=O)C(c2cc3cc(OC4CCN(C5CCC5)CC4)ccc3s2)[C@H](C)O1. The average molecular weight is 429 g/mol. The Kier molecular flexibility index (Phi) is 5.73. The standard InChI is InChI=1S/C24H32N2O3S/c1-16-14-26(15-27)24(17(2)28-16)23-13-18-12-21(6-7-22(18)30-23)29-20-8-10-25(11-9-20)19-4-3-5-19/h6-7,12-13,15-17,19-20,24H,3-5,8-11,14H2,1-2H3/t16-,17+,24?/m1/s1. The van der Waals surface area contributed by atoms with E-state index in [4.69, 9.17) is 9.47 Å². The summed E-state index contributed by atoms with van der Waals surface area (Å²) in [5, 5.41) is 1.19. The number of carbonyl (C=O) groups excluding carboxylic acids is 1. The summed E-state index contributed by atoms with van der Waals surface area (Å²) in [6, 6.07) is 9.45. The van der Waals surface area contributed by atoms with Crippen LogP contribution < -0.4 is 4.74 Å². The van der Waals surface area contributed by atoms with Gasteiger partial charge in [0.05, 0.1) is 18.2 Å². The second-order valence-corrected chi connectivity index (χ2v) is 10.3. The highest BCUT2D eigenvalue weighted by molar-refractivity contribution is 7.19. The number of likely N-dealkylation sites (tertiary alicyclic amines) is 1. The molecule has 5 rings (SSSR count). The van der Waals surface area contributed by atoms with Gasteiger partial charge in [-0.2, -0.15) is 0 Å². The highest BCUT2D eigenvalue weighted by atomic mass is 32.1. The average Bonchev–Trinajstić information content (AvgIpc) is 3.10. The lowest BCUT2D eigenvalue weighted by molar-refractivity contribution is -0.141. The Bertz CT molecular complexity index is 888. The van der Waals surface area contributed by atoms with E-state index < -0.39 is 0 Å². The predicted molar refractivity (Wildman–Crippen MR) is 120 cm³/mol. The Labute approximate surface area is 182 Å². The third-order valence-electron chi connectivity index (χ3n) is 7.02. The molecule has 0 spiro atoms. The van der Waals surface area contributed by atoms with Gasteiger partial charge in [-0.1, -0.05) is 6.42 Å². The van der Waals surface area contributed by atoms with Gasteiger partial charge >= 0.3 is 0 Å². The number of rotatable bonds is 5. The van der Waals surface area contributed by atoms with Gasteiger partial charge in [0.15, 0.2) is 0 Å². The second kappa shape index (κ2) is 8.48. The summed E-state index contributed by atoms with van der Waals surface area (Å²) >= 11 is 1.75. The number of thiophene rings is 1. The van der Waals surface area contributed by atoms with Crippen molar-refractivity contribution in [2.45, 2.75) is 76.3 Å². The number of morpholine rings is 1. The van der Waals surface area contributed by atoms with Crippen molar-refractivity contribution < 1.29 is 14.3 Å². The van der Waals surface area contributed by atoms with Gasteiger partial charge in [0.25, 0.3) is 0 Å². The summed E-state index contributed by atoms with van der Waals surface area (Å²) < 4.78 is 13.6. The van der Waals surface area contributed by atoms with Gasteiger partial charge in [0.1, 0.15) is 11.9 Å². The van der Waals surface area contributed by atoms with Crippen LogP contribution in [-0.4, -0.2) is 60.2 Å². The molecule has 5 nitrogen and oxygen atoms in total. The molecule has 1 amide bonds. The Morgan fingerprint density at radius 2 is 1.93 bits per heavy atom. The normalized spacial score (nSPS) is 29.1. The molecule has 2 saturated heterocycles. The molecule has 1 unspecified atom stereocenters. The smallest absolute Gasteiger partial charge is 0.210 e. The summed E-state index contributed by atoms with van der Waals surface area (Å²) in [5.41, 5.74) is 0. The zero-order chi connectivity index (χ0) is 20.7. The lowest BCUT2D eigenvalue weighted by atomic mass is 9.90. The van der Waals surface area contributed by atoms with Crippen molar-refractivity contribution in [3.8, 4) is 5.75 Å². The molecule has 0 radical (unpaired) electrons. The predicted octanol–water partition coefficient (Wildman–Crippen LogP) is 4.60. The summed E-state index contributed by atoms with van der Waals surface area (Å²) in [6.07, 6.45) is 7.75. The molecular formula is C24H32N2O3S. The van der Waals surface area contributed by atoms with Gasteiger partial charge in [0.2, 0.25) is 6.41 Å². The van der Waals surface area contributed by atoms with E-state index in [1.165, 1.54) is 47.3 Å². The van der Waals surface area contributed by atoms with E-state index in [0.717, 1.165) is 31.0 Å². The summed E-state index contributed by atoms with van der Waals surface area (Å²) in [5.74, 6) is 0.961. The highest BCUT2D eigenvalue weighted by Gasteiger charge is 2.34. The number of nitrogens with zero attached hydrogens (tertiary/aromatic N) is 2. The highest BCUT2D eigenvalue weighted by Crippen LogP contribution is 2.39. The monoisotopic (exact) mass is 428 g/mol. The molecule has 0 N–H and O–H groups in total. The van der Waals surface area contributed by atoms with Crippen LogP contribution in [0.1, 0.15) is 56.9 Å². The molecule has 1 saturated carbocycles. The minimum Gasteiger partial charge on any atom is -0.490 e. The molecule has 2 aromatic rings. The molecule has 1 aliphatic carbocycles. The van der Waals surface area contributed by atoms with E-state index in [9.17, 15) is 4.79 Å². The second-order valence-electron chi connectivity index (χ2n) is 9.19. The zero-order valence-corrected chi connectivity index (χ0v) is 18.8. The molecule has 1 aromatic carbocycles. The fourth-order valence-corrected chi connectivity index (χ4v) is 6.49. The fourth-order valence-electron chi connectivity index (χ4n) is 5.23. The first-order valence-electron chi connectivity index (χ1n) is 11.4. The number of fused-ring (bicyclic) bond motifs is 1. The summed E-state index contributed by atoms with van der Waals surface area (Å²) in [7, 11) is 0. The van der Waals surface area contributed by atoms with Crippen LogP contribution in [0, 0.1) is 0 Å². The largest absolute Gasteiger partial charge is 0.490 e. The van der Waals surface area contributed by atoms with Crippen molar-refractivity contribution in [2.75, 3.05) is 19.6 Å². The Hall–Kier alpha value is -1.63. The summed E-state index contributed by atoms with van der Waals surface area (Å²) in [4.78, 5) is 17.4. The maximum absolute atomic E-state index is 11.7. The van der Waals surface area contributed by atoms with Gasteiger partial charge in [-0.25, -0.2) is 0 Å². The van der Waals surface area contributed by atoms with Crippen molar-refractivity contribution in [2.24, 2.45) is 0 Å². The van der Waals surface area contributed by atoms with Crippen molar-refractivity contribution in [1.82, 2.24) is 9.80 Å². The number of ether oxygens (including phenoxy) is 2. The van der Waals surface area contributed by atoms with Crippen LogP contribution in [0.5, 0.6) is 5.75 Å². The molecule has 3 heterocycles. The molecule has 6 heteroatoms. The van der Waals surface area contributed by atoms with E-state index in [2.05, 4.69) is 36.1 Å². The third kappa shape index (κ3) is 3.97. The topological polar surface area (TPSA) is 42.0 Å². The van der Waals surface area contributed by atoms with Crippen LogP contribution in [0.15, 0.2) is 24.3 Å². The minimum atomic E-state index is -0.0173. The maximum Gasteiger partial charge on any atom is 0.210 e. The first-order chi connectivity index (χ1) is 14.6. The lowest BCUT2D eigenvalue weighted by Crippen LogP contribution is -2.46. The van der Waals surface area contributed by atoms with E-state index in [-0.39, 0.29) is 18.2 Å². The molecule has 3 fully saturated rings. The van der Waals surface area contributed by atoms with Gasteiger partial charge in [-0.15, -0.1) is 11.3 Å². The number of piperidine rings is 1. The summed E-state index contributed by atoms with van der Waals surface area (Å²) in [6.45, 7) is 7.06. The first kappa shape index (κ1) is 20.3. The zero-order valence-electron chi connectivity index (χ0n) is 18.0. The molecule has 2 aliphatic heterocycles. The van der Waals surface area contributed by atoms with Crippen molar-refractivity contribution >= 4 is 27.8 Å². The van der Waals surface area contributed by atoms with Crippen LogP contribution in [-0.2, 0) is 9.53 Å². The van der Waals surface area contributed by atoms with Gasteiger partial charge in [-0.3, -0.25) is 4.79 Å². The van der Waals surface area contributed by atoms with Crippen molar-refractivity contribution in [3.05, 3.63) is 29.1 Å². The maximum atomic E-state index is 11.7. The van der Waals surface area contributed by atoms with E-state index >= 15 is 0 Å². The molecule has 1 aromatic heterocycles. The Balaban J connectivity index is 1.28. The number of hydrogen-bond acceptors (Lipinski definition) is 5. The van der Waals surface area contributed by atoms with E-state index in [0.29, 0.717) is 12.6 Å². The number of benzene rings is 1. The third-order valence-corrected chi connectivity index (χ3v) is 8.21. The Morgan fingerprint density at radius 1 is 1.13 bits per heavy atom. The number of amides is 1. The van der Waals surface area contributed by atoms with Crippen LogP contribution in [0.2, 0.25) is 0 Å². The van der Waals surface area contributed by atoms with E-state index in [1.54, 1.807) is 11.3 Å². The Morgan fingerprint density at radius 3 is 2.63 bits per heavy atom. The van der Waals surface area contributed by atoms with Crippen LogP contribution in [0.4, 0.5) is 0 Å². The molecule has 30 heavy (non-hydrogen) atoms. The van der Waals surface area contributed by atoms with Gasteiger partial charge < -0.3 is 19.3 Å². The minimum absolute atomic E-state index is 0.0106. The molecule has 0 bridgehead atoms. The van der Waals surface area contributed by atoms with E-state index in [1.807, 2.05) is 11.8 Å². The van der Waals surface area contributed by atoms with Crippen molar-refractivity contribution in [3.63, 3.8) is 0 Å².